The van der Waals surface area contributed by atoms with Gasteiger partial charge in [-0.3, -0.25) is 10.2 Å². The molecular formula is C22H31FN10O. The molecule has 2 aliphatic heterocycles. The van der Waals surface area contributed by atoms with Gasteiger partial charge < -0.3 is 26.4 Å². The lowest BCUT2D eigenvalue weighted by Gasteiger charge is -2.39. The molecule has 1 fully saturated rings. The van der Waals surface area contributed by atoms with Crippen LogP contribution in [0.1, 0.15) is 25.5 Å². The van der Waals surface area contributed by atoms with Crippen molar-refractivity contribution in [2.75, 3.05) is 37.8 Å². The van der Waals surface area contributed by atoms with E-state index in [1.54, 1.807) is 24.4 Å². The molecule has 34 heavy (non-hydrogen) atoms. The highest BCUT2D eigenvalue weighted by Gasteiger charge is 2.33. The van der Waals surface area contributed by atoms with E-state index in [4.69, 9.17) is 21.2 Å². The summed E-state index contributed by atoms with van der Waals surface area (Å²) < 4.78 is 19.3. The molecular weight excluding hydrogens is 439 g/mol. The van der Waals surface area contributed by atoms with Crippen molar-refractivity contribution in [3.63, 3.8) is 0 Å². The lowest BCUT2D eigenvalue weighted by atomic mass is 10.2. The van der Waals surface area contributed by atoms with Gasteiger partial charge in [-0.2, -0.15) is 0 Å². The van der Waals surface area contributed by atoms with Crippen molar-refractivity contribution in [2.45, 2.75) is 38.6 Å². The van der Waals surface area contributed by atoms with E-state index in [-0.39, 0.29) is 24.2 Å². The quantitative estimate of drug-likeness (QED) is 0.447. The van der Waals surface area contributed by atoms with Crippen molar-refractivity contribution in [1.29, 1.82) is 0 Å². The molecule has 0 amide bonds. The molecule has 2 aromatic rings. The summed E-state index contributed by atoms with van der Waals surface area (Å²) in [4.78, 5) is 21.9. The van der Waals surface area contributed by atoms with Gasteiger partial charge in [0.1, 0.15) is 0 Å². The van der Waals surface area contributed by atoms with E-state index < -0.39 is 12.1 Å². The number of aliphatic imine (C=N–C) groups is 2. The normalized spacial score (nSPS) is 21.9. The van der Waals surface area contributed by atoms with Gasteiger partial charge in [0.25, 0.3) is 0 Å². The van der Waals surface area contributed by atoms with E-state index in [0.717, 1.165) is 25.9 Å². The van der Waals surface area contributed by atoms with Crippen LogP contribution in [-0.2, 0) is 6.54 Å². The van der Waals surface area contributed by atoms with Crippen molar-refractivity contribution < 1.29 is 9.13 Å². The maximum Gasteiger partial charge on any atom is 0.220 e. The highest BCUT2D eigenvalue weighted by Crippen LogP contribution is 2.24. The minimum Gasteiger partial charge on any atom is -0.494 e. The number of benzene rings is 1. The molecule has 2 atom stereocenters. The Labute approximate surface area is 198 Å². The SMILES string of the molecule is CCN1CCCC1CN1C(=NCc2ccnc(N)n2)NC(N)=NC1Nc1ccc(OC)c(F)c1. The fourth-order valence-corrected chi connectivity index (χ4v) is 4.27. The third kappa shape index (κ3) is 5.45. The molecule has 1 aromatic carbocycles. The van der Waals surface area contributed by atoms with Gasteiger partial charge in [0, 0.05) is 30.5 Å². The highest BCUT2D eigenvalue weighted by atomic mass is 19.1. The number of hydrogen-bond acceptors (Lipinski definition) is 9. The van der Waals surface area contributed by atoms with Gasteiger partial charge in [0.05, 0.1) is 19.3 Å². The number of nitrogens with two attached hydrogens (primary N) is 2. The zero-order valence-corrected chi connectivity index (χ0v) is 19.4. The molecule has 2 aliphatic rings. The van der Waals surface area contributed by atoms with Gasteiger partial charge in [-0.15, -0.1) is 0 Å². The minimum atomic E-state index is -0.581. The molecule has 1 aromatic heterocycles. The molecule has 0 bridgehead atoms. The monoisotopic (exact) mass is 470 g/mol. The zero-order chi connectivity index (χ0) is 24.1. The Balaban J connectivity index is 1.62. The molecule has 182 valence electrons. The van der Waals surface area contributed by atoms with Crippen LogP contribution in [0.2, 0.25) is 0 Å². The second kappa shape index (κ2) is 10.5. The van der Waals surface area contributed by atoms with Crippen LogP contribution in [0, 0.1) is 5.82 Å². The minimum absolute atomic E-state index is 0.173. The number of ether oxygens (including phenoxy) is 1. The van der Waals surface area contributed by atoms with Crippen LogP contribution >= 0.6 is 0 Å². The smallest absolute Gasteiger partial charge is 0.220 e. The number of rotatable bonds is 8. The Hall–Kier alpha value is -3.67. The summed E-state index contributed by atoms with van der Waals surface area (Å²) in [5.74, 6) is 0.666. The zero-order valence-electron chi connectivity index (χ0n) is 19.4. The third-order valence-corrected chi connectivity index (χ3v) is 5.95. The predicted molar refractivity (Wildman–Crippen MR) is 130 cm³/mol. The molecule has 2 unspecified atom stereocenters. The summed E-state index contributed by atoms with van der Waals surface area (Å²) in [6.07, 6.45) is 3.23. The summed E-state index contributed by atoms with van der Waals surface area (Å²) in [6, 6.07) is 6.77. The molecule has 0 aliphatic carbocycles. The maximum absolute atomic E-state index is 14.3. The number of halogens is 1. The lowest BCUT2D eigenvalue weighted by Crippen LogP contribution is -2.60. The molecule has 0 saturated carbocycles. The Kier molecular flexibility index (Phi) is 7.26. The Morgan fingerprint density at radius 2 is 2.18 bits per heavy atom. The van der Waals surface area contributed by atoms with Gasteiger partial charge in [-0.1, -0.05) is 6.92 Å². The van der Waals surface area contributed by atoms with Gasteiger partial charge >= 0.3 is 0 Å². The Morgan fingerprint density at radius 1 is 1.32 bits per heavy atom. The first-order valence-electron chi connectivity index (χ1n) is 11.3. The van der Waals surface area contributed by atoms with Crippen LogP contribution in [0.5, 0.6) is 5.75 Å². The van der Waals surface area contributed by atoms with Crippen LogP contribution in [0.3, 0.4) is 0 Å². The van der Waals surface area contributed by atoms with Gasteiger partial charge in [-0.05, 0) is 44.1 Å². The number of likely N-dealkylation sites (tertiary alicyclic amines) is 1. The largest absolute Gasteiger partial charge is 0.494 e. The van der Waals surface area contributed by atoms with E-state index in [0.29, 0.717) is 29.9 Å². The van der Waals surface area contributed by atoms with Crippen molar-refractivity contribution in [1.82, 2.24) is 25.1 Å². The van der Waals surface area contributed by atoms with Gasteiger partial charge in [-0.25, -0.2) is 24.3 Å². The van der Waals surface area contributed by atoms with Crippen molar-refractivity contribution in [2.24, 2.45) is 15.7 Å². The Morgan fingerprint density at radius 3 is 2.91 bits per heavy atom. The van der Waals surface area contributed by atoms with Gasteiger partial charge in [0.15, 0.2) is 17.5 Å². The molecule has 12 heteroatoms. The van der Waals surface area contributed by atoms with E-state index >= 15 is 0 Å². The van der Waals surface area contributed by atoms with E-state index in [1.807, 2.05) is 4.90 Å². The number of methoxy groups -OCH3 is 1. The van der Waals surface area contributed by atoms with E-state index in [1.165, 1.54) is 13.2 Å². The van der Waals surface area contributed by atoms with Crippen LogP contribution < -0.4 is 26.8 Å². The number of guanidine groups is 2. The predicted octanol–water partition coefficient (Wildman–Crippen LogP) is 1.16. The second-order valence-electron chi connectivity index (χ2n) is 8.13. The number of aromatic nitrogens is 2. The first-order valence-corrected chi connectivity index (χ1v) is 11.3. The highest BCUT2D eigenvalue weighted by molar-refractivity contribution is 6.00. The standard InChI is InChI=1S/C22H31FN10O/c1-3-32-10-4-5-16(32)13-33-21(27-12-15-8-9-26-19(24)28-15)30-20(25)31-22(33)29-14-6-7-18(34-2)17(23)11-14/h6-9,11,16,22,29H,3-5,10,12-13H2,1-2H3,(H2,24,26,28)(H3,25,27,30,31). The number of hydrogen-bond donors (Lipinski definition) is 4. The van der Waals surface area contributed by atoms with Crippen LogP contribution in [-0.4, -0.2) is 70.8 Å². The molecule has 3 heterocycles. The molecule has 6 N–H and O–H groups in total. The fourth-order valence-electron chi connectivity index (χ4n) is 4.27. The molecule has 0 spiro atoms. The van der Waals surface area contributed by atoms with E-state index in [9.17, 15) is 4.39 Å². The number of anilines is 2. The average molecular weight is 471 g/mol. The molecule has 1 saturated heterocycles. The average Bonchev–Trinajstić information content (AvgIpc) is 3.27. The topological polar surface area (TPSA) is 142 Å². The molecule has 0 radical (unpaired) electrons. The van der Waals surface area contributed by atoms with Crippen molar-refractivity contribution in [3.8, 4) is 5.75 Å². The number of nitrogens with zero attached hydrogens (tertiary/aromatic N) is 6. The first kappa shape index (κ1) is 23.5. The second-order valence-corrected chi connectivity index (χ2v) is 8.13. The van der Waals surface area contributed by atoms with Crippen LogP contribution in [0.25, 0.3) is 0 Å². The summed E-state index contributed by atoms with van der Waals surface area (Å²) in [5.41, 5.74) is 13.0. The Bertz CT molecular complexity index is 1060. The number of nitrogen functional groups attached to an aromatic ring is 1. The number of nitrogens with one attached hydrogen (secondary N) is 2. The molecule has 11 nitrogen and oxygen atoms in total. The third-order valence-electron chi connectivity index (χ3n) is 5.95. The summed E-state index contributed by atoms with van der Waals surface area (Å²) in [7, 11) is 1.43. The van der Waals surface area contributed by atoms with E-state index in [2.05, 4.69) is 37.4 Å². The van der Waals surface area contributed by atoms with Gasteiger partial charge in [0.2, 0.25) is 18.2 Å². The summed E-state index contributed by atoms with van der Waals surface area (Å²) >= 11 is 0. The maximum atomic E-state index is 14.3. The fraction of sp³-hybridized carbons (Fsp3) is 0.455. The first-order chi connectivity index (χ1) is 16.5. The van der Waals surface area contributed by atoms with Crippen molar-refractivity contribution >= 4 is 23.6 Å². The summed E-state index contributed by atoms with van der Waals surface area (Å²) in [5, 5.41) is 6.36. The number of likely N-dealkylation sites (N-methyl/N-ethyl adjacent to an activating group) is 1. The lowest BCUT2D eigenvalue weighted by molar-refractivity contribution is 0.202. The van der Waals surface area contributed by atoms with Crippen LogP contribution in [0.15, 0.2) is 40.4 Å². The van der Waals surface area contributed by atoms with Crippen molar-refractivity contribution in [3.05, 3.63) is 42.0 Å². The van der Waals surface area contributed by atoms with Crippen LogP contribution in [0.4, 0.5) is 16.0 Å². The molecule has 4 rings (SSSR count). The summed E-state index contributed by atoms with van der Waals surface area (Å²) in [6.45, 7) is 5.13.